The minimum absolute atomic E-state index is 0.0322. The van der Waals surface area contributed by atoms with Gasteiger partial charge in [0.2, 0.25) is 0 Å². The number of hydrogen-bond acceptors (Lipinski definition) is 8. The van der Waals surface area contributed by atoms with E-state index in [0.717, 1.165) is 64.2 Å². The van der Waals surface area contributed by atoms with Crippen molar-refractivity contribution >= 4 is 19.8 Å². The molecule has 0 rings (SSSR count). The summed E-state index contributed by atoms with van der Waals surface area (Å²) < 4.78 is 34.1. The molecule has 0 N–H and O–H groups in total. The number of nitrogens with zero attached hydrogens (tertiary/aromatic N) is 1. The maximum Gasteiger partial charge on any atom is 0.306 e. The van der Waals surface area contributed by atoms with Crippen LogP contribution in [0.4, 0.5) is 0 Å². The molecular weight excluding hydrogens is 942 g/mol. The van der Waals surface area contributed by atoms with Crippen molar-refractivity contribution in [2.24, 2.45) is 0 Å². The first-order valence-corrected chi connectivity index (χ1v) is 32.8. The summed E-state index contributed by atoms with van der Waals surface area (Å²) in [6.45, 7) is 4.17. The van der Waals surface area contributed by atoms with E-state index >= 15 is 0 Å². The molecule has 0 saturated heterocycles. The first-order valence-electron chi connectivity index (χ1n) is 31.3. The normalized spacial score (nSPS) is 13.5. The van der Waals surface area contributed by atoms with Crippen LogP contribution in [-0.2, 0) is 32.7 Å². The number of likely N-dealkylation sites (N-methyl/N-ethyl adjacent to an activating group) is 1. The van der Waals surface area contributed by atoms with Crippen LogP contribution in [-0.4, -0.2) is 70.0 Å². The minimum Gasteiger partial charge on any atom is -0.756 e. The van der Waals surface area contributed by atoms with E-state index in [-0.39, 0.29) is 26.1 Å². The van der Waals surface area contributed by atoms with Crippen LogP contribution in [0.5, 0.6) is 0 Å². The zero-order valence-electron chi connectivity index (χ0n) is 49.3. The van der Waals surface area contributed by atoms with Crippen molar-refractivity contribution in [1.29, 1.82) is 0 Å². The van der Waals surface area contributed by atoms with E-state index in [9.17, 15) is 19.0 Å². The molecule has 74 heavy (non-hydrogen) atoms. The predicted molar refractivity (Wildman–Crippen MR) is 314 cm³/mol. The Hall–Kier alpha value is -2.03. The quantitative estimate of drug-likeness (QED) is 0.0195. The second-order valence-electron chi connectivity index (χ2n) is 22.4. The van der Waals surface area contributed by atoms with E-state index in [1.54, 1.807) is 0 Å². The van der Waals surface area contributed by atoms with Gasteiger partial charge in [0, 0.05) is 12.8 Å². The second-order valence-corrected chi connectivity index (χ2v) is 23.8. The molecule has 0 heterocycles. The fourth-order valence-electron chi connectivity index (χ4n) is 8.96. The molecule has 0 aliphatic carbocycles. The van der Waals surface area contributed by atoms with Gasteiger partial charge in [-0.1, -0.05) is 262 Å². The fourth-order valence-corrected chi connectivity index (χ4v) is 9.69. The lowest BCUT2D eigenvalue weighted by molar-refractivity contribution is -0.870. The van der Waals surface area contributed by atoms with Crippen molar-refractivity contribution in [3.05, 3.63) is 48.6 Å². The van der Waals surface area contributed by atoms with E-state index < -0.39 is 32.5 Å². The van der Waals surface area contributed by atoms with Gasteiger partial charge in [-0.3, -0.25) is 14.2 Å². The van der Waals surface area contributed by atoms with Crippen LogP contribution >= 0.6 is 7.82 Å². The van der Waals surface area contributed by atoms with E-state index in [1.807, 2.05) is 21.1 Å². The molecule has 0 aromatic carbocycles. The molecule has 10 heteroatoms. The molecule has 9 nitrogen and oxygen atoms in total. The number of carbonyl (C=O) groups excluding carboxylic acids is 2. The highest BCUT2D eigenvalue weighted by atomic mass is 31.2. The van der Waals surface area contributed by atoms with E-state index in [2.05, 4.69) is 62.5 Å². The maximum absolute atomic E-state index is 12.8. The first kappa shape index (κ1) is 72.0. The van der Waals surface area contributed by atoms with Gasteiger partial charge in [0.15, 0.2) is 6.10 Å². The van der Waals surface area contributed by atoms with Gasteiger partial charge in [0.1, 0.15) is 19.8 Å². The maximum atomic E-state index is 12.8. The average molecular weight is 1060 g/mol. The van der Waals surface area contributed by atoms with Crippen LogP contribution in [0.2, 0.25) is 0 Å². The number of carbonyl (C=O) groups is 2. The molecule has 0 aliphatic rings. The zero-order valence-corrected chi connectivity index (χ0v) is 50.2. The minimum atomic E-state index is -4.63. The summed E-state index contributed by atoms with van der Waals surface area (Å²) in [5.74, 6) is -0.840. The smallest absolute Gasteiger partial charge is 0.306 e. The van der Waals surface area contributed by atoms with Crippen LogP contribution in [0, 0.1) is 0 Å². The Labute approximate surface area is 458 Å². The number of ether oxygens (including phenoxy) is 2. The average Bonchev–Trinajstić information content (AvgIpc) is 3.36. The highest BCUT2D eigenvalue weighted by Gasteiger charge is 2.22. The number of quaternary nitrogens is 1. The monoisotopic (exact) mass is 1060 g/mol. The van der Waals surface area contributed by atoms with Gasteiger partial charge < -0.3 is 27.9 Å². The molecule has 0 radical (unpaired) electrons. The van der Waals surface area contributed by atoms with Crippen molar-refractivity contribution in [2.45, 2.75) is 302 Å². The SMILES string of the molecule is CCC/C=C\C/C=C\CCCCCCCC(=O)OCC(COP(=O)([O-])OCC[N+](C)(C)C)OC(=O)CCCCCCCCCCCCCCCCCCCCCCCCCCC/C=C\C/C=C\CCCCCCC. The van der Waals surface area contributed by atoms with Gasteiger partial charge in [-0.2, -0.15) is 0 Å². The standard InChI is InChI=1S/C64H120NO8P/c1-6-8-10-12-14-16-18-20-21-22-23-24-25-26-27-28-29-30-31-32-33-34-35-36-37-38-39-40-41-42-43-45-47-49-51-53-55-57-64(67)73-62(61-72-74(68,69)71-59-58-65(3,4)5)60-70-63(66)56-54-52-50-48-46-44-19-17-15-13-11-9-7-2/h11,13,17-20,22-23,62H,6-10,12,14-16,21,24-61H2,1-5H3/b13-11-,19-17-,20-18-,23-22-. The Morgan fingerprint density at radius 1 is 0.419 bits per heavy atom. The van der Waals surface area contributed by atoms with E-state index in [4.69, 9.17) is 18.5 Å². The fraction of sp³-hybridized carbons (Fsp3) is 0.844. The first-order chi connectivity index (χ1) is 36.0. The summed E-state index contributed by atoms with van der Waals surface area (Å²) >= 11 is 0. The number of unbranched alkanes of at least 4 members (excludes halogenated alkanes) is 36. The summed E-state index contributed by atoms with van der Waals surface area (Å²) in [5, 5.41) is 0. The lowest BCUT2D eigenvalue weighted by Crippen LogP contribution is -2.37. The van der Waals surface area contributed by atoms with Gasteiger partial charge in [-0.05, 0) is 70.6 Å². The summed E-state index contributed by atoms with van der Waals surface area (Å²) in [6, 6.07) is 0. The molecule has 2 atom stereocenters. The third-order valence-corrected chi connectivity index (χ3v) is 14.8. The topological polar surface area (TPSA) is 111 Å². The molecule has 0 amide bonds. The highest BCUT2D eigenvalue weighted by molar-refractivity contribution is 7.45. The Balaban J connectivity index is 3.90. The van der Waals surface area contributed by atoms with Crippen molar-refractivity contribution < 1.29 is 42.1 Å². The van der Waals surface area contributed by atoms with Crippen LogP contribution in [0.1, 0.15) is 296 Å². The van der Waals surface area contributed by atoms with Crippen LogP contribution in [0.25, 0.3) is 0 Å². The lowest BCUT2D eigenvalue weighted by atomic mass is 10.0. The van der Waals surface area contributed by atoms with Crippen LogP contribution in [0.3, 0.4) is 0 Å². The van der Waals surface area contributed by atoms with Gasteiger partial charge >= 0.3 is 11.9 Å². The number of hydrogen-bond donors (Lipinski definition) is 0. The third-order valence-electron chi connectivity index (χ3n) is 13.8. The molecule has 0 spiro atoms. The molecule has 0 fully saturated rings. The molecule has 0 aliphatic heterocycles. The molecule has 2 unspecified atom stereocenters. The second kappa shape index (κ2) is 55.7. The van der Waals surface area contributed by atoms with Crippen molar-refractivity contribution in [1.82, 2.24) is 0 Å². The number of phosphoric acid groups is 1. The van der Waals surface area contributed by atoms with E-state index in [0.29, 0.717) is 23.9 Å². The van der Waals surface area contributed by atoms with Gasteiger partial charge in [-0.15, -0.1) is 0 Å². The van der Waals surface area contributed by atoms with Gasteiger partial charge in [-0.25, -0.2) is 0 Å². The summed E-state index contributed by atoms with van der Waals surface area (Å²) in [4.78, 5) is 37.8. The Bertz CT molecular complexity index is 1390. The Kier molecular flexibility index (Phi) is 54.2. The van der Waals surface area contributed by atoms with Gasteiger partial charge in [0.05, 0.1) is 27.7 Å². The van der Waals surface area contributed by atoms with E-state index in [1.165, 1.54) is 193 Å². The third kappa shape index (κ3) is 59.2. The summed E-state index contributed by atoms with van der Waals surface area (Å²) in [5.41, 5.74) is 0. The predicted octanol–water partition coefficient (Wildman–Crippen LogP) is 19.1. The number of rotatable bonds is 58. The molecule has 0 bridgehead atoms. The largest absolute Gasteiger partial charge is 0.756 e. The van der Waals surface area contributed by atoms with Crippen LogP contribution < -0.4 is 4.89 Å². The molecule has 0 aromatic heterocycles. The Morgan fingerprint density at radius 2 is 0.757 bits per heavy atom. The number of phosphoric ester groups is 1. The van der Waals surface area contributed by atoms with Crippen molar-refractivity contribution in [3.63, 3.8) is 0 Å². The molecular formula is C64H120NO8P. The summed E-state index contributed by atoms with van der Waals surface area (Å²) in [7, 11) is 1.17. The molecule has 434 valence electrons. The molecule has 0 saturated carbocycles. The zero-order chi connectivity index (χ0) is 54.2. The van der Waals surface area contributed by atoms with Crippen molar-refractivity contribution in [3.8, 4) is 0 Å². The summed E-state index contributed by atoms with van der Waals surface area (Å²) in [6.07, 6.45) is 70.6. The van der Waals surface area contributed by atoms with Crippen molar-refractivity contribution in [2.75, 3.05) is 47.5 Å². The van der Waals surface area contributed by atoms with Gasteiger partial charge in [0.25, 0.3) is 7.82 Å². The highest BCUT2D eigenvalue weighted by Crippen LogP contribution is 2.38. The number of allylic oxidation sites excluding steroid dienone is 8. The lowest BCUT2D eigenvalue weighted by Gasteiger charge is -2.28. The molecule has 0 aromatic rings. The Morgan fingerprint density at radius 3 is 1.12 bits per heavy atom. The number of esters is 2. The van der Waals surface area contributed by atoms with Crippen LogP contribution in [0.15, 0.2) is 48.6 Å².